The lowest BCUT2D eigenvalue weighted by molar-refractivity contribution is 0.878. The van der Waals surface area contributed by atoms with Crippen LogP contribution in [-0.2, 0) is 4.08 Å². The Morgan fingerprint density at radius 1 is 0.889 bits per heavy atom. The van der Waals surface area contributed by atoms with Crippen molar-refractivity contribution in [1.29, 1.82) is 0 Å². The fraction of sp³-hybridized carbons (Fsp3) is 0.625. The van der Waals surface area contributed by atoms with Gasteiger partial charge in [-0.05, 0) is 36.8 Å². The summed E-state index contributed by atoms with van der Waals surface area (Å²) in [4.78, 5) is 0. The van der Waals surface area contributed by atoms with E-state index >= 15 is 0 Å². The molecule has 0 heterocycles. The summed E-state index contributed by atoms with van der Waals surface area (Å²) in [6.07, 6.45) is 5.22. The Hall–Kier alpha value is -0.0800. The average Bonchev–Trinajstić information content (AvgIpc) is 2.40. The average molecular weight is 283 g/mol. The summed E-state index contributed by atoms with van der Waals surface area (Å²) in [5, 5.41) is 0. The van der Waals surface area contributed by atoms with Gasteiger partial charge in [0.15, 0.2) is 0 Å². The Bertz CT molecular complexity index is 298. The summed E-state index contributed by atoms with van der Waals surface area (Å²) < 4.78 is 0.228. The van der Waals surface area contributed by atoms with E-state index in [1.807, 2.05) is 0 Å². The molecule has 1 rings (SSSR count). The van der Waals surface area contributed by atoms with Gasteiger partial charge < -0.3 is 0 Å². The molecule has 0 saturated heterocycles. The van der Waals surface area contributed by atoms with Crippen LogP contribution in [-0.4, -0.2) is 11.5 Å². The molecule has 18 heavy (non-hydrogen) atoms. The number of unbranched alkanes of at least 4 members (excludes halogenated alkanes) is 2. The van der Waals surface area contributed by atoms with Gasteiger partial charge in [0, 0.05) is 0 Å². The van der Waals surface area contributed by atoms with Crippen molar-refractivity contribution in [3.63, 3.8) is 0 Å². The molecule has 0 aliphatic rings. The maximum atomic E-state index is 2.39. The van der Waals surface area contributed by atoms with E-state index in [0.717, 1.165) is 0 Å². The molecule has 0 aliphatic heterocycles. The van der Waals surface area contributed by atoms with Gasteiger partial charge in [0.2, 0.25) is 0 Å². The minimum absolute atomic E-state index is 0.228. The predicted octanol–water partition coefficient (Wildman–Crippen LogP) is 5.93. The molecular formula is C16H26S2. The third kappa shape index (κ3) is 5.27. The lowest BCUT2D eigenvalue weighted by Crippen LogP contribution is -2.14. The van der Waals surface area contributed by atoms with Crippen molar-refractivity contribution >= 4 is 23.5 Å². The molecule has 0 spiro atoms. The zero-order chi connectivity index (χ0) is 13.3. The lowest BCUT2D eigenvalue weighted by atomic mass is 10.2. The second-order valence-corrected chi connectivity index (χ2v) is 8.00. The van der Waals surface area contributed by atoms with Gasteiger partial charge in [-0.1, -0.05) is 57.0 Å². The summed E-state index contributed by atoms with van der Waals surface area (Å²) in [5.74, 6) is 2.53. The highest BCUT2D eigenvalue weighted by Crippen LogP contribution is 2.46. The monoisotopic (exact) mass is 282 g/mol. The normalized spacial score (nSPS) is 11.7. The molecule has 0 atom stereocenters. The van der Waals surface area contributed by atoms with Crippen LogP contribution >= 0.6 is 23.5 Å². The van der Waals surface area contributed by atoms with E-state index in [-0.39, 0.29) is 4.08 Å². The maximum Gasteiger partial charge on any atom is 0.0832 e. The summed E-state index contributed by atoms with van der Waals surface area (Å²) >= 11 is 4.23. The smallest absolute Gasteiger partial charge is 0.0832 e. The Morgan fingerprint density at radius 2 is 1.39 bits per heavy atom. The molecule has 1 aromatic carbocycles. The lowest BCUT2D eigenvalue weighted by Gasteiger charge is -2.29. The fourth-order valence-electron chi connectivity index (χ4n) is 1.77. The Labute approximate surface area is 121 Å². The molecule has 0 aromatic heterocycles. The first-order valence-corrected chi connectivity index (χ1v) is 9.03. The third-order valence-electron chi connectivity index (χ3n) is 3.05. The molecule has 0 radical (unpaired) electrons. The molecule has 0 N–H and O–H groups in total. The van der Waals surface area contributed by atoms with Crippen molar-refractivity contribution in [3.8, 4) is 0 Å². The van der Waals surface area contributed by atoms with Gasteiger partial charge >= 0.3 is 0 Å². The quantitative estimate of drug-likeness (QED) is 0.407. The van der Waals surface area contributed by atoms with Crippen molar-refractivity contribution in [3.05, 3.63) is 35.9 Å². The van der Waals surface area contributed by atoms with E-state index in [0.29, 0.717) is 0 Å². The van der Waals surface area contributed by atoms with Gasteiger partial charge in [0.05, 0.1) is 4.08 Å². The van der Waals surface area contributed by atoms with Crippen LogP contribution in [0.25, 0.3) is 0 Å². The summed E-state index contributed by atoms with van der Waals surface area (Å²) in [6.45, 7) is 6.93. The molecule has 0 amide bonds. The first-order valence-electron chi connectivity index (χ1n) is 7.06. The molecule has 2 heteroatoms. The van der Waals surface area contributed by atoms with Crippen molar-refractivity contribution in [2.45, 2.75) is 50.5 Å². The van der Waals surface area contributed by atoms with Gasteiger partial charge in [0.1, 0.15) is 0 Å². The highest BCUT2D eigenvalue weighted by atomic mass is 32.2. The second kappa shape index (κ2) is 8.92. The fourth-order valence-corrected chi connectivity index (χ4v) is 4.86. The van der Waals surface area contributed by atoms with Crippen LogP contribution in [0.4, 0.5) is 0 Å². The van der Waals surface area contributed by atoms with E-state index in [9.17, 15) is 0 Å². The standard InChI is InChI=1S/C16H26S2/c1-4-6-13-17-16(3,18-14-7-5-2)15-11-9-8-10-12-15/h8-12H,4-7,13-14H2,1-3H3. The Morgan fingerprint density at radius 3 is 1.83 bits per heavy atom. The highest BCUT2D eigenvalue weighted by molar-refractivity contribution is 8.17. The van der Waals surface area contributed by atoms with Crippen LogP contribution in [0.5, 0.6) is 0 Å². The minimum atomic E-state index is 0.228. The molecule has 0 bridgehead atoms. The Kier molecular flexibility index (Phi) is 7.92. The van der Waals surface area contributed by atoms with Crippen molar-refractivity contribution < 1.29 is 0 Å². The van der Waals surface area contributed by atoms with E-state index < -0.39 is 0 Å². The second-order valence-electron chi connectivity index (χ2n) is 4.72. The summed E-state index contributed by atoms with van der Waals surface area (Å²) in [6, 6.07) is 11.0. The maximum absolute atomic E-state index is 2.39. The number of rotatable bonds is 9. The SMILES string of the molecule is CCCCSC(C)(SCCCC)c1ccccc1. The van der Waals surface area contributed by atoms with Gasteiger partial charge in [-0.25, -0.2) is 0 Å². The van der Waals surface area contributed by atoms with Crippen molar-refractivity contribution in [2.75, 3.05) is 11.5 Å². The van der Waals surface area contributed by atoms with Crippen LogP contribution in [0.3, 0.4) is 0 Å². The predicted molar refractivity (Wildman–Crippen MR) is 88.5 cm³/mol. The summed E-state index contributed by atoms with van der Waals surface area (Å²) in [7, 11) is 0. The Balaban J connectivity index is 2.67. The van der Waals surface area contributed by atoms with Crippen LogP contribution in [0.1, 0.15) is 52.0 Å². The molecule has 0 aliphatic carbocycles. The molecule has 0 saturated carbocycles. The topological polar surface area (TPSA) is 0 Å². The zero-order valence-electron chi connectivity index (χ0n) is 11.9. The van der Waals surface area contributed by atoms with Crippen LogP contribution in [0.2, 0.25) is 0 Å². The van der Waals surface area contributed by atoms with Crippen LogP contribution in [0.15, 0.2) is 30.3 Å². The minimum Gasteiger partial charge on any atom is -0.140 e. The summed E-state index contributed by atoms with van der Waals surface area (Å²) in [5.41, 5.74) is 1.47. The van der Waals surface area contributed by atoms with Crippen molar-refractivity contribution in [1.82, 2.24) is 0 Å². The molecule has 0 unspecified atom stereocenters. The molecule has 1 aromatic rings. The zero-order valence-corrected chi connectivity index (χ0v) is 13.6. The van der Waals surface area contributed by atoms with Gasteiger partial charge in [0.25, 0.3) is 0 Å². The van der Waals surface area contributed by atoms with E-state index in [4.69, 9.17) is 0 Å². The highest BCUT2D eigenvalue weighted by Gasteiger charge is 2.26. The number of thioether (sulfide) groups is 2. The molecule has 102 valence electrons. The molecule has 0 fully saturated rings. The third-order valence-corrected chi connectivity index (χ3v) is 6.31. The van der Waals surface area contributed by atoms with E-state index in [2.05, 4.69) is 74.6 Å². The van der Waals surface area contributed by atoms with Gasteiger partial charge in [-0.2, -0.15) is 0 Å². The first-order chi connectivity index (χ1) is 8.73. The van der Waals surface area contributed by atoms with Gasteiger partial charge in [-0.3, -0.25) is 0 Å². The van der Waals surface area contributed by atoms with Crippen LogP contribution < -0.4 is 0 Å². The van der Waals surface area contributed by atoms with E-state index in [1.54, 1.807) is 0 Å². The van der Waals surface area contributed by atoms with Crippen LogP contribution in [0, 0.1) is 0 Å². The molecular weight excluding hydrogens is 256 g/mol. The first kappa shape index (κ1) is 16.0. The van der Waals surface area contributed by atoms with Crippen molar-refractivity contribution in [2.24, 2.45) is 0 Å². The number of benzene rings is 1. The number of hydrogen-bond acceptors (Lipinski definition) is 2. The largest absolute Gasteiger partial charge is 0.140 e. The molecule has 0 nitrogen and oxygen atoms in total. The number of hydrogen-bond donors (Lipinski definition) is 0. The van der Waals surface area contributed by atoms with Gasteiger partial charge in [-0.15, -0.1) is 23.5 Å². The van der Waals surface area contributed by atoms with E-state index in [1.165, 1.54) is 42.8 Å².